The van der Waals surface area contributed by atoms with E-state index in [1.807, 2.05) is 32.2 Å². The second kappa shape index (κ2) is 10.1. The Morgan fingerprint density at radius 3 is 2.54 bits per heavy atom. The largest absolute Gasteiger partial charge is 0.497 e. The van der Waals surface area contributed by atoms with Gasteiger partial charge in [0, 0.05) is 26.8 Å². The molecule has 0 amide bonds. The number of rotatable bonds is 5. The first-order chi connectivity index (χ1) is 11.1. The molecule has 0 fully saturated rings. The summed E-state index contributed by atoms with van der Waals surface area (Å²) in [6, 6.07) is 9.93. The molecule has 0 saturated carbocycles. The van der Waals surface area contributed by atoms with E-state index in [0.29, 0.717) is 6.54 Å². The molecule has 0 aliphatic heterocycles. The van der Waals surface area contributed by atoms with Gasteiger partial charge in [0.25, 0.3) is 0 Å². The lowest BCUT2D eigenvalue weighted by molar-refractivity contribution is 0.414. The van der Waals surface area contributed by atoms with Crippen molar-refractivity contribution in [3.63, 3.8) is 0 Å². The van der Waals surface area contributed by atoms with Crippen molar-refractivity contribution in [1.82, 2.24) is 20.2 Å². The Hall–Kier alpha value is -1.90. The summed E-state index contributed by atoms with van der Waals surface area (Å²) in [6.07, 6.45) is 1.77. The van der Waals surface area contributed by atoms with E-state index in [1.54, 1.807) is 20.4 Å². The van der Waals surface area contributed by atoms with Crippen molar-refractivity contribution in [2.45, 2.75) is 20.0 Å². The maximum absolute atomic E-state index is 5.18. The summed E-state index contributed by atoms with van der Waals surface area (Å²) in [6.45, 7) is 3.25. The maximum atomic E-state index is 5.18. The Balaban J connectivity index is 0.00000288. The van der Waals surface area contributed by atoms with Crippen LogP contribution in [0.15, 0.2) is 41.5 Å². The quantitative estimate of drug-likeness (QED) is 0.439. The smallest absolute Gasteiger partial charge is 0.194 e. The summed E-state index contributed by atoms with van der Waals surface area (Å²) in [5.41, 5.74) is 2.13. The van der Waals surface area contributed by atoms with Crippen LogP contribution in [0.1, 0.15) is 17.1 Å². The van der Waals surface area contributed by atoms with E-state index in [-0.39, 0.29) is 24.0 Å². The molecule has 0 aliphatic carbocycles. The first-order valence-corrected chi connectivity index (χ1v) is 7.45. The zero-order chi connectivity index (χ0) is 16.7. The number of nitrogens with zero attached hydrogens (tertiary/aromatic N) is 4. The highest BCUT2D eigenvalue weighted by atomic mass is 127. The molecule has 2 aromatic rings. The first-order valence-electron chi connectivity index (χ1n) is 7.45. The Labute approximate surface area is 160 Å². The fourth-order valence-electron chi connectivity index (χ4n) is 2.24. The SMILES string of the molecule is CN=C(NCc1ccnc(C)n1)N(C)Cc1ccc(OC)cc1.I. The molecule has 6 nitrogen and oxygen atoms in total. The molecule has 130 valence electrons. The normalized spacial score (nSPS) is 10.8. The van der Waals surface area contributed by atoms with Crippen LogP contribution in [0.5, 0.6) is 5.75 Å². The van der Waals surface area contributed by atoms with Gasteiger partial charge >= 0.3 is 0 Å². The molecule has 0 bridgehead atoms. The molecule has 2 rings (SSSR count). The second-order valence-corrected chi connectivity index (χ2v) is 5.20. The van der Waals surface area contributed by atoms with Crippen LogP contribution in [0.3, 0.4) is 0 Å². The highest BCUT2D eigenvalue weighted by Gasteiger charge is 2.07. The Bertz CT molecular complexity index is 660. The number of nitrogens with one attached hydrogen (secondary N) is 1. The van der Waals surface area contributed by atoms with Crippen molar-refractivity contribution in [2.75, 3.05) is 21.2 Å². The number of methoxy groups -OCH3 is 1. The number of aromatic nitrogens is 2. The molecule has 0 atom stereocenters. The Morgan fingerprint density at radius 1 is 1.25 bits per heavy atom. The van der Waals surface area contributed by atoms with Crippen LogP contribution in [0.25, 0.3) is 0 Å². The van der Waals surface area contributed by atoms with Crippen LogP contribution in [-0.4, -0.2) is 42.0 Å². The fraction of sp³-hybridized carbons (Fsp3) is 0.353. The molecule has 1 aromatic carbocycles. The third kappa shape index (κ3) is 5.95. The molecule has 1 aromatic heterocycles. The van der Waals surface area contributed by atoms with E-state index in [9.17, 15) is 0 Å². The van der Waals surface area contributed by atoms with Crippen LogP contribution in [-0.2, 0) is 13.1 Å². The molecule has 0 radical (unpaired) electrons. The van der Waals surface area contributed by atoms with Crippen LogP contribution in [0, 0.1) is 6.92 Å². The van der Waals surface area contributed by atoms with Gasteiger partial charge in [-0.3, -0.25) is 4.99 Å². The van der Waals surface area contributed by atoms with E-state index >= 15 is 0 Å². The topological polar surface area (TPSA) is 62.6 Å². The Morgan fingerprint density at radius 2 is 1.96 bits per heavy atom. The van der Waals surface area contributed by atoms with Crippen molar-refractivity contribution in [1.29, 1.82) is 0 Å². The molecule has 1 heterocycles. The zero-order valence-electron chi connectivity index (χ0n) is 14.5. The lowest BCUT2D eigenvalue weighted by Crippen LogP contribution is -2.38. The van der Waals surface area contributed by atoms with Crippen LogP contribution < -0.4 is 10.1 Å². The predicted octanol–water partition coefficient (Wildman–Crippen LogP) is 2.62. The number of hydrogen-bond donors (Lipinski definition) is 1. The maximum Gasteiger partial charge on any atom is 0.194 e. The lowest BCUT2D eigenvalue weighted by atomic mass is 10.2. The Kier molecular flexibility index (Phi) is 8.45. The van der Waals surface area contributed by atoms with E-state index in [1.165, 1.54) is 5.56 Å². The van der Waals surface area contributed by atoms with Gasteiger partial charge in [-0.25, -0.2) is 9.97 Å². The van der Waals surface area contributed by atoms with Gasteiger partial charge in [0.05, 0.1) is 19.3 Å². The molecular formula is C17H24IN5O. The summed E-state index contributed by atoms with van der Waals surface area (Å²) in [7, 11) is 5.45. The van der Waals surface area contributed by atoms with Gasteiger partial charge in [-0.1, -0.05) is 12.1 Å². The molecule has 1 N–H and O–H groups in total. The number of hydrogen-bond acceptors (Lipinski definition) is 4. The monoisotopic (exact) mass is 441 g/mol. The average Bonchev–Trinajstić information content (AvgIpc) is 2.56. The van der Waals surface area contributed by atoms with Crippen molar-refractivity contribution < 1.29 is 4.74 Å². The van der Waals surface area contributed by atoms with Gasteiger partial charge in [-0.15, -0.1) is 24.0 Å². The van der Waals surface area contributed by atoms with E-state index in [2.05, 4.69) is 37.3 Å². The van der Waals surface area contributed by atoms with Crippen molar-refractivity contribution >= 4 is 29.9 Å². The molecule has 0 spiro atoms. The van der Waals surface area contributed by atoms with Gasteiger partial charge in [0.2, 0.25) is 0 Å². The summed E-state index contributed by atoms with van der Waals surface area (Å²) >= 11 is 0. The average molecular weight is 441 g/mol. The predicted molar refractivity (Wildman–Crippen MR) is 107 cm³/mol. The minimum absolute atomic E-state index is 0. The number of benzene rings is 1. The van der Waals surface area contributed by atoms with Gasteiger partial charge in [0.1, 0.15) is 11.6 Å². The summed E-state index contributed by atoms with van der Waals surface area (Å²) < 4.78 is 5.18. The lowest BCUT2D eigenvalue weighted by Gasteiger charge is -2.22. The summed E-state index contributed by atoms with van der Waals surface area (Å²) in [4.78, 5) is 14.9. The molecule has 0 aliphatic rings. The highest BCUT2D eigenvalue weighted by Crippen LogP contribution is 2.12. The van der Waals surface area contributed by atoms with Gasteiger partial charge < -0.3 is 15.0 Å². The van der Waals surface area contributed by atoms with Gasteiger partial charge in [-0.05, 0) is 30.7 Å². The summed E-state index contributed by atoms with van der Waals surface area (Å²) in [5.74, 6) is 2.45. The van der Waals surface area contributed by atoms with Crippen molar-refractivity contribution in [2.24, 2.45) is 4.99 Å². The minimum atomic E-state index is 0. The summed E-state index contributed by atoms with van der Waals surface area (Å²) in [5, 5.41) is 3.32. The number of aryl methyl sites for hydroxylation is 1. The number of ether oxygens (including phenoxy) is 1. The fourth-order valence-corrected chi connectivity index (χ4v) is 2.24. The third-order valence-corrected chi connectivity index (χ3v) is 3.41. The molecule has 0 saturated heterocycles. The third-order valence-electron chi connectivity index (χ3n) is 3.41. The van der Waals surface area contributed by atoms with Crippen molar-refractivity contribution in [3.05, 3.63) is 53.6 Å². The van der Waals surface area contributed by atoms with Gasteiger partial charge in [0.15, 0.2) is 5.96 Å². The second-order valence-electron chi connectivity index (χ2n) is 5.20. The van der Waals surface area contributed by atoms with Crippen molar-refractivity contribution in [3.8, 4) is 5.75 Å². The number of aliphatic imine (C=N–C) groups is 1. The van der Waals surface area contributed by atoms with Gasteiger partial charge in [-0.2, -0.15) is 0 Å². The molecular weight excluding hydrogens is 417 g/mol. The number of halogens is 1. The highest BCUT2D eigenvalue weighted by molar-refractivity contribution is 14.0. The zero-order valence-corrected chi connectivity index (χ0v) is 16.8. The van der Waals surface area contributed by atoms with E-state index in [4.69, 9.17) is 4.74 Å². The standard InChI is InChI=1S/C17H23N5O.HI/c1-13-19-10-9-15(21-13)11-20-17(18-2)22(3)12-14-5-7-16(23-4)8-6-14;/h5-10H,11-12H2,1-4H3,(H,18,20);1H. The molecule has 7 heteroatoms. The minimum Gasteiger partial charge on any atom is -0.497 e. The van der Waals surface area contributed by atoms with E-state index < -0.39 is 0 Å². The van der Waals surface area contributed by atoms with Crippen LogP contribution in [0.4, 0.5) is 0 Å². The number of guanidine groups is 1. The molecule has 0 unspecified atom stereocenters. The van der Waals surface area contributed by atoms with Crippen LogP contribution >= 0.6 is 24.0 Å². The van der Waals surface area contributed by atoms with Crippen LogP contribution in [0.2, 0.25) is 0 Å². The van der Waals surface area contributed by atoms with E-state index in [0.717, 1.165) is 29.8 Å². The first kappa shape index (κ1) is 20.1. The molecule has 24 heavy (non-hydrogen) atoms.